The van der Waals surface area contributed by atoms with E-state index in [2.05, 4.69) is 5.32 Å². The summed E-state index contributed by atoms with van der Waals surface area (Å²) >= 11 is 5.90. The van der Waals surface area contributed by atoms with Crippen molar-refractivity contribution in [2.24, 2.45) is 0 Å². The number of hydrogen-bond donors (Lipinski definition) is 1. The summed E-state index contributed by atoms with van der Waals surface area (Å²) in [6.45, 7) is 6.27. The summed E-state index contributed by atoms with van der Waals surface area (Å²) in [6.07, 6.45) is 1.91. The van der Waals surface area contributed by atoms with E-state index in [9.17, 15) is 4.79 Å². The van der Waals surface area contributed by atoms with Crippen LogP contribution >= 0.6 is 11.6 Å². The second kappa shape index (κ2) is 6.06. The number of rotatable bonds is 3. The number of pyridine rings is 1. The first-order valence-electron chi connectivity index (χ1n) is 6.49. The van der Waals surface area contributed by atoms with Gasteiger partial charge in [-0.3, -0.25) is 4.79 Å². The van der Waals surface area contributed by atoms with Gasteiger partial charge in [-0.1, -0.05) is 11.6 Å². The molecule has 0 aliphatic carbocycles. The van der Waals surface area contributed by atoms with E-state index in [0.717, 1.165) is 16.9 Å². The van der Waals surface area contributed by atoms with Crippen LogP contribution in [0.5, 0.6) is 0 Å². The maximum atomic E-state index is 12.1. The zero-order chi connectivity index (χ0) is 14.7. The lowest BCUT2D eigenvalue weighted by molar-refractivity contribution is -0.690. The minimum absolute atomic E-state index is 0.0471. The fourth-order valence-corrected chi connectivity index (χ4v) is 2.26. The molecule has 0 bridgehead atoms. The van der Waals surface area contributed by atoms with Crippen LogP contribution in [0.3, 0.4) is 0 Å². The minimum atomic E-state index is -0.0471. The van der Waals surface area contributed by atoms with Gasteiger partial charge in [0.05, 0.1) is 0 Å². The molecule has 20 heavy (non-hydrogen) atoms. The van der Waals surface area contributed by atoms with Crippen molar-refractivity contribution in [1.29, 1.82) is 0 Å². The standard InChI is InChI=1S/C16H17ClN2O/c1-11-5-4-8-19(13(11)3)10-16(20)18-15-7-6-14(17)9-12(15)2/h4-9H,10H2,1-3H3/p+1. The van der Waals surface area contributed by atoms with Crippen LogP contribution in [0.25, 0.3) is 0 Å². The Bertz CT molecular complexity index is 653. The van der Waals surface area contributed by atoms with E-state index in [1.165, 1.54) is 5.56 Å². The van der Waals surface area contributed by atoms with Crippen molar-refractivity contribution in [3.63, 3.8) is 0 Å². The van der Waals surface area contributed by atoms with Crippen molar-refractivity contribution < 1.29 is 9.36 Å². The molecule has 1 N–H and O–H groups in total. The second-order valence-corrected chi connectivity index (χ2v) is 5.35. The smallest absolute Gasteiger partial charge is 0.290 e. The monoisotopic (exact) mass is 289 g/mol. The van der Waals surface area contributed by atoms with Crippen molar-refractivity contribution in [3.8, 4) is 0 Å². The van der Waals surface area contributed by atoms with E-state index in [4.69, 9.17) is 11.6 Å². The summed E-state index contributed by atoms with van der Waals surface area (Å²) in [6, 6.07) is 9.41. The van der Waals surface area contributed by atoms with Gasteiger partial charge in [0.1, 0.15) is 0 Å². The molecular weight excluding hydrogens is 272 g/mol. The maximum absolute atomic E-state index is 12.1. The van der Waals surface area contributed by atoms with Crippen LogP contribution in [0, 0.1) is 20.8 Å². The number of benzene rings is 1. The number of halogens is 1. The van der Waals surface area contributed by atoms with Crippen molar-refractivity contribution in [3.05, 3.63) is 58.4 Å². The third-order valence-electron chi connectivity index (χ3n) is 3.39. The number of aromatic nitrogens is 1. The largest absolute Gasteiger partial charge is 0.320 e. The highest BCUT2D eigenvalue weighted by Gasteiger charge is 2.14. The Balaban J connectivity index is 2.11. The Morgan fingerprint density at radius 2 is 1.95 bits per heavy atom. The fourth-order valence-electron chi connectivity index (χ4n) is 2.03. The first-order chi connectivity index (χ1) is 9.47. The Morgan fingerprint density at radius 3 is 2.65 bits per heavy atom. The lowest BCUT2D eigenvalue weighted by atomic mass is 10.2. The van der Waals surface area contributed by atoms with Crippen molar-refractivity contribution in [2.45, 2.75) is 27.3 Å². The number of carbonyl (C=O) groups is 1. The van der Waals surface area contributed by atoms with Crippen molar-refractivity contribution in [1.82, 2.24) is 0 Å². The number of aryl methyl sites for hydroxylation is 2. The Morgan fingerprint density at radius 1 is 1.20 bits per heavy atom. The Kier molecular flexibility index (Phi) is 4.40. The maximum Gasteiger partial charge on any atom is 0.290 e. The third-order valence-corrected chi connectivity index (χ3v) is 3.63. The van der Waals surface area contributed by atoms with Gasteiger partial charge in [0.15, 0.2) is 11.9 Å². The molecule has 104 valence electrons. The highest BCUT2D eigenvalue weighted by molar-refractivity contribution is 6.30. The lowest BCUT2D eigenvalue weighted by Gasteiger charge is -2.08. The summed E-state index contributed by atoms with van der Waals surface area (Å²) in [7, 11) is 0. The van der Waals surface area contributed by atoms with E-state index >= 15 is 0 Å². The molecule has 0 fully saturated rings. The first-order valence-corrected chi connectivity index (χ1v) is 6.87. The topological polar surface area (TPSA) is 33.0 Å². The van der Waals surface area contributed by atoms with Gasteiger partial charge < -0.3 is 5.32 Å². The molecule has 0 unspecified atom stereocenters. The Labute approximate surface area is 124 Å². The number of carbonyl (C=O) groups excluding carboxylic acids is 1. The number of hydrogen-bond acceptors (Lipinski definition) is 1. The predicted octanol–water partition coefficient (Wildman–Crippen LogP) is 3.19. The van der Waals surface area contributed by atoms with Crippen LogP contribution < -0.4 is 9.88 Å². The van der Waals surface area contributed by atoms with Gasteiger partial charge >= 0.3 is 0 Å². The molecule has 4 heteroatoms. The fraction of sp³-hybridized carbons (Fsp3) is 0.250. The number of nitrogens with one attached hydrogen (secondary N) is 1. The van der Waals surface area contributed by atoms with Crippen LogP contribution in [-0.4, -0.2) is 5.91 Å². The van der Waals surface area contributed by atoms with E-state index in [1.54, 1.807) is 6.07 Å². The summed E-state index contributed by atoms with van der Waals surface area (Å²) in [5.41, 5.74) is 4.01. The zero-order valence-corrected chi connectivity index (χ0v) is 12.7. The second-order valence-electron chi connectivity index (χ2n) is 4.91. The molecule has 0 saturated heterocycles. The molecule has 2 aromatic rings. The van der Waals surface area contributed by atoms with Crippen LogP contribution in [0.2, 0.25) is 5.02 Å². The van der Waals surface area contributed by atoms with Crippen molar-refractivity contribution >= 4 is 23.2 Å². The molecule has 0 spiro atoms. The summed E-state index contributed by atoms with van der Waals surface area (Å²) in [4.78, 5) is 12.1. The molecule has 0 radical (unpaired) electrons. The summed E-state index contributed by atoms with van der Waals surface area (Å²) in [5.74, 6) is -0.0471. The normalized spacial score (nSPS) is 10.4. The Hall–Kier alpha value is -1.87. The summed E-state index contributed by atoms with van der Waals surface area (Å²) in [5, 5.41) is 3.58. The molecule has 1 heterocycles. The highest BCUT2D eigenvalue weighted by atomic mass is 35.5. The SMILES string of the molecule is Cc1cc(Cl)ccc1NC(=O)C[n+]1cccc(C)c1C. The third kappa shape index (κ3) is 3.36. The van der Waals surface area contributed by atoms with E-state index < -0.39 is 0 Å². The molecule has 3 nitrogen and oxygen atoms in total. The van der Waals surface area contributed by atoms with Crippen LogP contribution in [0.4, 0.5) is 5.69 Å². The highest BCUT2D eigenvalue weighted by Crippen LogP contribution is 2.19. The first kappa shape index (κ1) is 14.5. The molecule has 0 aliphatic rings. The van der Waals surface area contributed by atoms with Gasteiger partial charge in [-0.15, -0.1) is 0 Å². The zero-order valence-electron chi connectivity index (χ0n) is 11.9. The molecule has 0 atom stereocenters. The van der Waals surface area contributed by atoms with Crippen LogP contribution in [0.15, 0.2) is 36.5 Å². The lowest BCUT2D eigenvalue weighted by Crippen LogP contribution is -2.43. The molecule has 0 saturated carbocycles. The van der Waals surface area contributed by atoms with E-state index in [1.807, 2.05) is 55.8 Å². The van der Waals surface area contributed by atoms with Crippen molar-refractivity contribution in [2.75, 3.05) is 5.32 Å². The molecule has 1 amide bonds. The van der Waals surface area contributed by atoms with Crippen LogP contribution in [0.1, 0.15) is 16.8 Å². The van der Waals surface area contributed by atoms with Gasteiger partial charge in [-0.2, -0.15) is 4.57 Å². The van der Waals surface area contributed by atoms with E-state index in [-0.39, 0.29) is 5.91 Å². The van der Waals surface area contributed by atoms with E-state index in [0.29, 0.717) is 11.6 Å². The summed E-state index contributed by atoms with van der Waals surface area (Å²) < 4.78 is 1.94. The predicted molar refractivity (Wildman–Crippen MR) is 80.9 cm³/mol. The van der Waals surface area contributed by atoms with Crippen LogP contribution in [-0.2, 0) is 11.3 Å². The number of amides is 1. The number of anilines is 1. The molecule has 1 aromatic carbocycles. The number of nitrogens with zero attached hydrogens (tertiary/aromatic N) is 1. The molecule has 0 aliphatic heterocycles. The molecule has 2 rings (SSSR count). The van der Waals surface area contributed by atoms with Gasteiger partial charge in [-0.05, 0) is 43.7 Å². The van der Waals surface area contributed by atoms with Gasteiger partial charge in [-0.25, -0.2) is 0 Å². The average molecular weight is 290 g/mol. The molecular formula is C16H18ClN2O+. The molecule has 1 aromatic heterocycles. The van der Waals surface area contributed by atoms with Gasteiger partial charge in [0.25, 0.3) is 5.91 Å². The van der Waals surface area contributed by atoms with Gasteiger partial charge in [0, 0.05) is 29.3 Å². The average Bonchev–Trinajstić information content (AvgIpc) is 2.38. The quantitative estimate of drug-likeness (QED) is 0.865. The van der Waals surface area contributed by atoms with Gasteiger partial charge in [0.2, 0.25) is 6.54 Å². The minimum Gasteiger partial charge on any atom is -0.320 e.